The van der Waals surface area contributed by atoms with E-state index in [0.29, 0.717) is 28.7 Å². The first-order chi connectivity index (χ1) is 10.5. The number of rotatable bonds is 5. The summed E-state index contributed by atoms with van der Waals surface area (Å²) in [6.45, 7) is 6.24. The summed E-state index contributed by atoms with van der Waals surface area (Å²) in [5, 5.41) is 9.76. The van der Waals surface area contributed by atoms with Crippen LogP contribution in [0.25, 0.3) is 5.57 Å². The van der Waals surface area contributed by atoms with Crippen LogP contribution in [-0.4, -0.2) is 35.1 Å². The van der Waals surface area contributed by atoms with E-state index in [1.165, 1.54) is 0 Å². The summed E-state index contributed by atoms with van der Waals surface area (Å²) in [5.74, 6) is 0.292. The standard InChI is InChI=1S/C15H19NO4P2/c1-9(2)11-6-12(14(22-19)7-13(11)20-21)15(18)16-5-3-4-10(16)8-17/h6-7,10,17H,1,3-5,8,21H2,2H3. The number of hydrogen-bond acceptors (Lipinski definition) is 4. The maximum absolute atomic E-state index is 12.8. The van der Waals surface area contributed by atoms with Gasteiger partial charge in [0.1, 0.15) is 5.75 Å². The maximum Gasteiger partial charge on any atom is 0.255 e. The fraction of sp³-hybridized carbons (Fsp3) is 0.400. The molecule has 118 valence electrons. The van der Waals surface area contributed by atoms with Crippen molar-refractivity contribution in [1.29, 1.82) is 0 Å². The lowest BCUT2D eigenvalue weighted by atomic mass is 10.0. The molecule has 0 saturated carbocycles. The molecule has 1 aliphatic rings. The van der Waals surface area contributed by atoms with Crippen molar-refractivity contribution in [2.45, 2.75) is 25.8 Å². The van der Waals surface area contributed by atoms with E-state index in [-0.39, 0.29) is 27.0 Å². The van der Waals surface area contributed by atoms with Gasteiger partial charge in [0, 0.05) is 12.1 Å². The van der Waals surface area contributed by atoms with Crippen LogP contribution in [0.2, 0.25) is 0 Å². The van der Waals surface area contributed by atoms with Crippen molar-refractivity contribution in [1.82, 2.24) is 4.90 Å². The Hall–Kier alpha value is -1.28. The summed E-state index contributed by atoms with van der Waals surface area (Å²) in [4.78, 5) is 14.4. The van der Waals surface area contributed by atoms with Gasteiger partial charge in [0.2, 0.25) is 0 Å². The van der Waals surface area contributed by atoms with Gasteiger partial charge in [0.25, 0.3) is 5.91 Å². The van der Waals surface area contributed by atoms with Gasteiger partial charge in [0.15, 0.2) is 8.46 Å². The Balaban J connectivity index is 2.49. The van der Waals surface area contributed by atoms with Crippen LogP contribution in [0.5, 0.6) is 5.75 Å². The quantitative estimate of drug-likeness (QED) is 0.837. The molecule has 1 aromatic rings. The molecule has 2 unspecified atom stereocenters. The zero-order chi connectivity index (χ0) is 16.3. The van der Waals surface area contributed by atoms with E-state index in [0.717, 1.165) is 18.4 Å². The Morgan fingerprint density at radius 1 is 1.55 bits per heavy atom. The van der Waals surface area contributed by atoms with E-state index < -0.39 is 0 Å². The molecule has 0 bridgehead atoms. The molecular formula is C15H19NO4P2. The molecule has 7 heteroatoms. The minimum absolute atomic E-state index is 0.0592. The number of carbonyl (C=O) groups is 1. The highest BCUT2D eigenvalue weighted by molar-refractivity contribution is 7.34. The van der Waals surface area contributed by atoms with Gasteiger partial charge in [-0.05, 0) is 37.5 Å². The van der Waals surface area contributed by atoms with Gasteiger partial charge in [0.05, 0.1) is 33.0 Å². The van der Waals surface area contributed by atoms with Crippen molar-refractivity contribution in [3.8, 4) is 5.75 Å². The van der Waals surface area contributed by atoms with Gasteiger partial charge in [-0.3, -0.25) is 9.36 Å². The van der Waals surface area contributed by atoms with Gasteiger partial charge < -0.3 is 14.5 Å². The molecule has 0 aromatic heterocycles. The molecule has 1 aromatic carbocycles. The van der Waals surface area contributed by atoms with Crippen LogP contribution in [0.1, 0.15) is 35.7 Å². The second-order valence-electron chi connectivity index (χ2n) is 5.33. The number of carbonyl (C=O) groups excluding carboxylic acids is 1. The number of amides is 1. The number of aliphatic hydroxyl groups is 1. The summed E-state index contributed by atoms with van der Waals surface area (Å²) < 4.78 is 16.6. The Bertz CT molecular complexity index is 618. The third-order valence-electron chi connectivity index (χ3n) is 3.86. The highest BCUT2D eigenvalue weighted by Gasteiger charge is 2.30. The van der Waals surface area contributed by atoms with Crippen LogP contribution in [0.3, 0.4) is 0 Å². The summed E-state index contributed by atoms with van der Waals surface area (Å²) in [6, 6.07) is 3.08. The Morgan fingerprint density at radius 3 is 2.82 bits per heavy atom. The molecule has 1 heterocycles. The number of allylic oxidation sites excluding steroid dienone is 1. The summed E-state index contributed by atoms with van der Waals surface area (Å²) in [5.41, 5.74) is 1.81. The topological polar surface area (TPSA) is 66.8 Å². The zero-order valence-electron chi connectivity index (χ0n) is 12.4. The molecule has 1 amide bonds. The van der Waals surface area contributed by atoms with Crippen LogP contribution in [0, 0.1) is 0 Å². The highest BCUT2D eigenvalue weighted by atomic mass is 31.1. The van der Waals surface area contributed by atoms with E-state index in [2.05, 4.69) is 16.0 Å². The molecule has 5 nitrogen and oxygen atoms in total. The van der Waals surface area contributed by atoms with E-state index in [9.17, 15) is 14.5 Å². The van der Waals surface area contributed by atoms with E-state index in [1.807, 2.05) is 6.92 Å². The first-order valence-corrected chi connectivity index (χ1v) is 8.27. The van der Waals surface area contributed by atoms with Crippen LogP contribution in [-0.2, 0) is 4.57 Å². The van der Waals surface area contributed by atoms with Crippen LogP contribution < -0.4 is 9.83 Å². The van der Waals surface area contributed by atoms with Gasteiger partial charge in [-0.25, -0.2) is 0 Å². The fourth-order valence-electron chi connectivity index (χ4n) is 2.69. The lowest BCUT2D eigenvalue weighted by Gasteiger charge is -2.24. The van der Waals surface area contributed by atoms with Crippen molar-refractivity contribution in [2.24, 2.45) is 0 Å². The molecule has 0 radical (unpaired) electrons. The Labute approximate surface area is 133 Å². The first kappa shape index (κ1) is 17.1. The third kappa shape index (κ3) is 3.22. The van der Waals surface area contributed by atoms with Gasteiger partial charge >= 0.3 is 0 Å². The van der Waals surface area contributed by atoms with E-state index in [4.69, 9.17) is 4.52 Å². The average Bonchev–Trinajstić information content (AvgIpc) is 3.01. The monoisotopic (exact) mass is 339 g/mol. The van der Waals surface area contributed by atoms with Crippen molar-refractivity contribution in [3.63, 3.8) is 0 Å². The predicted molar refractivity (Wildman–Crippen MR) is 89.9 cm³/mol. The average molecular weight is 339 g/mol. The second kappa shape index (κ2) is 7.32. The molecule has 0 aliphatic carbocycles. The summed E-state index contributed by atoms with van der Waals surface area (Å²) in [7, 11) is 1.89. The normalized spacial score (nSPS) is 17.8. The molecule has 2 rings (SSSR count). The minimum Gasteiger partial charge on any atom is -0.480 e. The molecule has 2 atom stereocenters. The number of aliphatic hydroxyl groups excluding tert-OH is 1. The molecular weight excluding hydrogens is 320 g/mol. The maximum atomic E-state index is 12.8. The van der Waals surface area contributed by atoms with E-state index in [1.54, 1.807) is 17.0 Å². The fourth-order valence-corrected chi connectivity index (χ4v) is 3.32. The highest BCUT2D eigenvalue weighted by Crippen LogP contribution is 2.29. The van der Waals surface area contributed by atoms with Crippen LogP contribution >= 0.6 is 17.9 Å². The van der Waals surface area contributed by atoms with Gasteiger partial charge in [-0.15, -0.1) is 0 Å². The van der Waals surface area contributed by atoms with E-state index >= 15 is 0 Å². The molecule has 1 N–H and O–H groups in total. The predicted octanol–water partition coefficient (Wildman–Crippen LogP) is 2.40. The van der Waals surface area contributed by atoms with Crippen molar-refractivity contribution >= 4 is 34.7 Å². The molecule has 1 fully saturated rings. The number of likely N-dealkylation sites (tertiary alicyclic amines) is 1. The summed E-state index contributed by atoms with van der Waals surface area (Å²) >= 11 is 0. The summed E-state index contributed by atoms with van der Waals surface area (Å²) in [6.07, 6.45) is 1.65. The smallest absolute Gasteiger partial charge is 0.255 e. The third-order valence-corrected chi connectivity index (χ3v) is 4.68. The molecule has 22 heavy (non-hydrogen) atoms. The van der Waals surface area contributed by atoms with Crippen molar-refractivity contribution < 1.29 is 19.0 Å². The van der Waals surface area contributed by atoms with Crippen LogP contribution in [0.4, 0.5) is 0 Å². The lowest BCUT2D eigenvalue weighted by Crippen LogP contribution is -2.39. The number of benzene rings is 1. The van der Waals surface area contributed by atoms with Crippen LogP contribution in [0.15, 0.2) is 18.7 Å². The zero-order valence-corrected chi connectivity index (χ0v) is 14.5. The molecule has 1 aliphatic heterocycles. The first-order valence-electron chi connectivity index (χ1n) is 6.99. The van der Waals surface area contributed by atoms with Crippen molar-refractivity contribution in [3.05, 3.63) is 29.8 Å². The van der Waals surface area contributed by atoms with Gasteiger partial charge in [-0.2, -0.15) is 0 Å². The number of nitrogens with zero attached hydrogens (tertiary/aromatic N) is 1. The molecule has 0 spiro atoms. The lowest BCUT2D eigenvalue weighted by molar-refractivity contribution is 0.0679. The SMILES string of the molecule is C=C(C)c1cc(C(=O)N2CCCC2CO)c(P=O)cc1OP. The Kier molecular flexibility index (Phi) is 5.69. The largest absolute Gasteiger partial charge is 0.480 e. The van der Waals surface area contributed by atoms with Crippen molar-refractivity contribution in [2.75, 3.05) is 13.2 Å². The number of hydrogen-bond donors (Lipinski definition) is 1. The van der Waals surface area contributed by atoms with Gasteiger partial charge in [-0.1, -0.05) is 6.58 Å². The minimum atomic E-state index is -0.248. The second-order valence-corrected chi connectivity index (χ2v) is 6.23. The Morgan fingerprint density at radius 2 is 2.27 bits per heavy atom. The molecule has 1 saturated heterocycles.